The van der Waals surface area contributed by atoms with Crippen LogP contribution in [0.4, 0.5) is 0 Å². The molecule has 0 saturated heterocycles. The number of aliphatic hydroxyl groups is 1. The Morgan fingerprint density at radius 2 is 1.64 bits per heavy atom. The van der Waals surface area contributed by atoms with Gasteiger partial charge in [0.1, 0.15) is 24.9 Å². The van der Waals surface area contributed by atoms with E-state index < -0.39 is 6.10 Å². The molecular formula is C44H51NO8. The van der Waals surface area contributed by atoms with Crippen LogP contribution >= 0.6 is 0 Å². The van der Waals surface area contributed by atoms with Crippen LogP contribution in [-0.2, 0) is 23.2 Å². The first kappa shape index (κ1) is 36.6. The number of Topliss-reactive ketones (excluding diaryl/α,β-unsaturated/α-hetero) is 1. The van der Waals surface area contributed by atoms with Gasteiger partial charge in [-0.3, -0.25) is 10.5 Å². The topological polar surface area (TPSA) is 163 Å². The number of ketones is 1. The van der Waals surface area contributed by atoms with Crippen molar-refractivity contribution in [1.82, 2.24) is 0 Å². The molecule has 53 heavy (non-hydrogen) atoms. The minimum atomic E-state index is -0.917. The normalized spacial score (nSPS) is 22.4. The van der Waals surface area contributed by atoms with Gasteiger partial charge < -0.3 is 35.0 Å². The summed E-state index contributed by atoms with van der Waals surface area (Å²) in [6.45, 7) is 0.0118. The molecule has 0 aromatic heterocycles. The molecule has 4 aliphatic carbocycles. The molecule has 0 aliphatic heterocycles. The third kappa shape index (κ3) is 7.42. The summed E-state index contributed by atoms with van der Waals surface area (Å²) in [7, 11) is 0. The highest BCUT2D eigenvalue weighted by atomic mass is 16.5. The highest BCUT2D eigenvalue weighted by Gasteiger charge is 2.54. The zero-order valence-corrected chi connectivity index (χ0v) is 30.1. The van der Waals surface area contributed by atoms with Gasteiger partial charge in [-0.15, -0.1) is 0 Å². The van der Waals surface area contributed by atoms with E-state index in [2.05, 4.69) is 24.3 Å². The van der Waals surface area contributed by atoms with Crippen molar-refractivity contribution in [1.29, 1.82) is 0 Å². The summed E-state index contributed by atoms with van der Waals surface area (Å²) < 4.78 is 11.7. The number of nitrogens with two attached hydrogens (primary N) is 1. The van der Waals surface area contributed by atoms with Gasteiger partial charge in [0.15, 0.2) is 23.0 Å². The van der Waals surface area contributed by atoms with Crippen LogP contribution in [0.15, 0.2) is 78.9 Å². The molecule has 8 rings (SSSR count). The maximum atomic E-state index is 13.6. The maximum Gasteiger partial charge on any atom is 0.200 e. The Kier molecular flexibility index (Phi) is 10.9. The lowest BCUT2D eigenvalue weighted by Gasteiger charge is -2.52. The number of rotatable bonds is 13. The van der Waals surface area contributed by atoms with Gasteiger partial charge in [0.2, 0.25) is 5.75 Å². The fraction of sp³-hybridized carbons (Fsp3) is 0.432. The predicted octanol–water partition coefficient (Wildman–Crippen LogP) is 7.84. The molecule has 0 radical (unpaired) electrons. The second-order valence-corrected chi connectivity index (χ2v) is 15.3. The van der Waals surface area contributed by atoms with Crippen LogP contribution in [0.1, 0.15) is 104 Å². The van der Waals surface area contributed by atoms with Gasteiger partial charge in [-0.05, 0) is 120 Å². The fourth-order valence-electron chi connectivity index (χ4n) is 9.98. The zero-order chi connectivity index (χ0) is 37.1. The summed E-state index contributed by atoms with van der Waals surface area (Å²) in [5.74, 6) is -0.332. The van der Waals surface area contributed by atoms with Crippen molar-refractivity contribution >= 4 is 5.78 Å². The van der Waals surface area contributed by atoms with Gasteiger partial charge in [0.05, 0.1) is 6.10 Å². The first-order chi connectivity index (χ1) is 25.7. The van der Waals surface area contributed by atoms with Crippen molar-refractivity contribution in [2.75, 3.05) is 6.73 Å². The summed E-state index contributed by atoms with van der Waals surface area (Å²) in [6.07, 6.45) is 7.44. The van der Waals surface area contributed by atoms with Gasteiger partial charge in [0, 0.05) is 18.4 Å². The number of phenolic OH excluding ortho intramolecular Hbond substituents is 4. The number of aliphatic hydroxyl groups excluding tert-OH is 1. The number of carbonyl (C=O) groups excluding carboxylic acids is 1. The second kappa shape index (κ2) is 15.7. The van der Waals surface area contributed by atoms with E-state index >= 15 is 0 Å². The number of aromatic hydroxyl groups is 4. The lowest BCUT2D eigenvalue weighted by atomic mass is 9.52. The third-order valence-electron chi connectivity index (χ3n) is 12.3. The monoisotopic (exact) mass is 721 g/mol. The number of aryl methyl sites for hydroxylation is 1. The molecule has 9 nitrogen and oxygen atoms in total. The van der Waals surface area contributed by atoms with Crippen LogP contribution in [0.5, 0.6) is 34.5 Å². The molecule has 9 heteroatoms. The van der Waals surface area contributed by atoms with E-state index in [-0.39, 0.29) is 95.5 Å². The van der Waals surface area contributed by atoms with Gasteiger partial charge in [-0.25, -0.2) is 0 Å². The summed E-state index contributed by atoms with van der Waals surface area (Å²) in [6, 6.07) is 24.2. The molecular weight excluding hydrogens is 670 g/mol. The van der Waals surface area contributed by atoms with Crippen LogP contribution < -0.4 is 15.2 Å². The summed E-state index contributed by atoms with van der Waals surface area (Å²) >= 11 is 0. The number of ether oxygens (including phenoxy) is 2. The minimum Gasteiger partial charge on any atom is -0.508 e. The number of carbonyl (C=O) groups is 1. The predicted molar refractivity (Wildman–Crippen MR) is 201 cm³/mol. The number of fused-ring (bicyclic) bond motifs is 3. The molecule has 280 valence electrons. The Bertz CT molecular complexity index is 1910. The van der Waals surface area contributed by atoms with E-state index in [1.165, 1.54) is 18.1 Å². The van der Waals surface area contributed by atoms with Gasteiger partial charge in [-0.1, -0.05) is 67.8 Å². The molecule has 2 saturated carbocycles. The molecule has 0 spiro atoms. The summed E-state index contributed by atoms with van der Waals surface area (Å²) in [5.41, 5.74) is 9.98. The molecule has 4 aromatic carbocycles. The van der Waals surface area contributed by atoms with Crippen LogP contribution in [0.2, 0.25) is 0 Å². The Balaban J connectivity index is 1.24. The molecule has 4 aliphatic rings. The summed E-state index contributed by atoms with van der Waals surface area (Å²) in [4.78, 5) is 13.6. The minimum absolute atomic E-state index is 0.00138. The Morgan fingerprint density at radius 1 is 0.849 bits per heavy atom. The maximum absolute atomic E-state index is 13.6. The quantitative estimate of drug-likeness (QED) is 0.0597. The van der Waals surface area contributed by atoms with E-state index in [4.69, 9.17) is 15.2 Å². The molecule has 2 fully saturated rings. The molecule has 4 aromatic rings. The average molecular weight is 722 g/mol. The number of phenols is 4. The first-order valence-corrected chi connectivity index (χ1v) is 19.1. The number of benzene rings is 4. The molecule has 5 atom stereocenters. The molecule has 0 unspecified atom stereocenters. The third-order valence-corrected chi connectivity index (χ3v) is 12.3. The van der Waals surface area contributed by atoms with Crippen LogP contribution in [-0.4, -0.2) is 44.2 Å². The molecule has 7 N–H and O–H groups in total. The number of hydrogen-bond acceptors (Lipinski definition) is 9. The highest BCUT2D eigenvalue weighted by Crippen LogP contribution is 2.65. The summed E-state index contributed by atoms with van der Waals surface area (Å²) in [5, 5.41) is 54.9. The van der Waals surface area contributed by atoms with Crippen molar-refractivity contribution in [2.24, 2.45) is 17.6 Å². The second-order valence-electron chi connectivity index (χ2n) is 15.3. The smallest absolute Gasteiger partial charge is 0.200 e. The standard InChI is InChI=1S/C44H51NO8/c45-26-53-39-21-27(13-17-36(39)48)12-15-32(47)23-37(49)33-16-14-29-22-35(44(18-5-2-6-19-44)30-9-3-1-4-10-30)41(33)34-24-38(50)42(51)43(40(29)34)52-25-28-8-7-11-31(46)20-28/h1,3-4,7-11,13,17,20-21,24,29,33,35,37,41,46,48-51H,2,5-6,12,14-16,18-19,22-23,25-26,45H2/t29-,33+,35-,37+,41+/m1/s1. The number of hydrogen-bond donors (Lipinski definition) is 6. The SMILES string of the molecule is NCOc1cc(CCC(=O)C[C@H](O)[C@@H]2CC[C@@H]3C[C@@H](C4(c5ccccc5)CCCCC4)[C@@H]2c2cc(O)c(O)c(OCc4cccc(O)c4)c23)ccc1O. The van der Waals surface area contributed by atoms with Crippen molar-refractivity contribution in [3.05, 3.63) is 107 Å². The van der Waals surface area contributed by atoms with Crippen molar-refractivity contribution in [3.63, 3.8) is 0 Å². The van der Waals surface area contributed by atoms with Crippen LogP contribution in [0, 0.1) is 11.8 Å². The van der Waals surface area contributed by atoms with E-state index in [1.807, 2.05) is 12.1 Å². The molecule has 0 heterocycles. The van der Waals surface area contributed by atoms with Crippen molar-refractivity contribution in [2.45, 2.75) is 101 Å². The van der Waals surface area contributed by atoms with Gasteiger partial charge in [0.25, 0.3) is 0 Å². The Labute approximate surface area is 311 Å². The van der Waals surface area contributed by atoms with E-state index in [0.29, 0.717) is 12.8 Å². The zero-order valence-electron chi connectivity index (χ0n) is 30.1. The largest absolute Gasteiger partial charge is 0.508 e. The lowest BCUT2D eigenvalue weighted by Crippen LogP contribution is -2.45. The Hall–Kier alpha value is -4.73. The molecule has 2 bridgehead atoms. The highest BCUT2D eigenvalue weighted by molar-refractivity contribution is 5.79. The van der Waals surface area contributed by atoms with Gasteiger partial charge >= 0.3 is 0 Å². The van der Waals surface area contributed by atoms with E-state index in [1.54, 1.807) is 36.4 Å². The van der Waals surface area contributed by atoms with Crippen LogP contribution in [0.3, 0.4) is 0 Å². The van der Waals surface area contributed by atoms with E-state index in [9.17, 15) is 30.3 Å². The van der Waals surface area contributed by atoms with E-state index in [0.717, 1.165) is 60.8 Å². The van der Waals surface area contributed by atoms with Crippen molar-refractivity contribution in [3.8, 4) is 34.5 Å². The first-order valence-electron chi connectivity index (χ1n) is 19.1. The average Bonchev–Trinajstić information content (AvgIpc) is 3.46. The lowest BCUT2D eigenvalue weighted by molar-refractivity contribution is -0.122. The van der Waals surface area contributed by atoms with Gasteiger partial charge in [-0.2, -0.15) is 0 Å². The van der Waals surface area contributed by atoms with Crippen molar-refractivity contribution < 1.29 is 39.8 Å². The molecule has 0 amide bonds. The fourth-order valence-corrected chi connectivity index (χ4v) is 9.98. The van der Waals surface area contributed by atoms with Crippen LogP contribution in [0.25, 0.3) is 0 Å². The Morgan fingerprint density at radius 3 is 2.40 bits per heavy atom.